The number of hydrogen-bond donors (Lipinski definition) is 0. The Morgan fingerprint density at radius 2 is 2.18 bits per heavy atom. The molecule has 66 valence electrons. The van der Waals surface area contributed by atoms with Crippen molar-refractivity contribution in [1.82, 2.24) is 0 Å². The molecule has 1 saturated heterocycles. The van der Waals surface area contributed by atoms with E-state index in [4.69, 9.17) is 9.47 Å². The Kier molecular flexibility index (Phi) is 2.55. The zero-order valence-electron chi connectivity index (χ0n) is 7.89. The molecule has 0 radical (unpaired) electrons. The molecule has 0 bridgehead atoms. The van der Waals surface area contributed by atoms with E-state index < -0.39 is 0 Å². The van der Waals surface area contributed by atoms with Crippen LogP contribution in [0, 0.1) is 5.92 Å². The average molecular weight is 158 g/mol. The molecule has 0 aliphatic carbocycles. The maximum Gasteiger partial charge on any atom is 0.155 e. The van der Waals surface area contributed by atoms with Crippen molar-refractivity contribution in [3.8, 4) is 0 Å². The van der Waals surface area contributed by atoms with Crippen LogP contribution in [0.5, 0.6) is 0 Å². The van der Waals surface area contributed by atoms with Gasteiger partial charge in [-0.05, 0) is 19.3 Å². The molecular formula is C9H18O2. The zero-order chi connectivity index (χ0) is 8.48. The fraction of sp³-hybridized carbons (Fsp3) is 1.00. The second-order valence-corrected chi connectivity index (χ2v) is 3.57. The number of ether oxygens (including phenoxy) is 2. The van der Waals surface area contributed by atoms with Crippen molar-refractivity contribution in [2.45, 2.75) is 46.0 Å². The van der Waals surface area contributed by atoms with Gasteiger partial charge in [-0.2, -0.15) is 0 Å². The average Bonchev–Trinajstić information content (AvgIpc) is 2.33. The van der Waals surface area contributed by atoms with E-state index >= 15 is 0 Å². The van der Waals surface area contributed by atoms with Crippen LogP contribution in [-0.2, 0) is 9.47 Å². The second-order valence-electron chi connectivity index (χ2n) is 3.57. The predicted molar refractivity (Wildman–Crippen MR) is 44.4 cm³/mol. The van der Waals surface area contributed by atoms with Gasteiger partial charge in [0.25, 0.3) is 0 Å². The van der Waals surface area contributed by atoms with Gasteiger partial charge in [0.2, 0.25) is 0 Å². The normalized spacial score (nSPS) is 38.5. The van der Waals surface area contributed by atoms with Gasteiger partial charge in [-0.3, -0.25) is 0 Å². The number of hydrogen-bond acceptors (Lipinski definition) is 2. The van der Waals surface area contributed by atoms with Gasteiger partial charge in [-0.1, -0.05) is 20.8 Å². The molecule has 1 fully saturated rings. The second kappa shape index (κ2) is 3.11. The summed E-state index contributed by atoms with van der Waals surface area (Å²) in [5.41, 5.74) is -0.0145. The molecule has 1 rings (SSSR count). The van der Waals surface area contributed by atoms with E-state index in [0.29, 0.717) is 5.92 Å². The number of rotatable bonds is 2. The van der Waals surface area contributed by atoms with E-state index in [1.807, 2.05) is 6.92 Å². The molecule has 11 heavy (non-hydrogen) atoms. The van der Waals surface area contributed by atoms with Crippen molar-refractivity contribution in [2.75, 3.05) is 6.61 Å². The highest BCUT2D eigenvalue weighted by atomic mass is 16.7. The summed E-state index contributed by atoms with van der Waals surface area (Å²) < 4.78 is 11.1. The van der Waals surface area contributed by atoms with Gasteiger partial charge in [-0.25, -0.2) is 0 Å². The van der Waals surface area contributed by atoms with E-state index in [0.717, 1.165) is 13.0 Å². The van der Waals surface area contributed by atoms with Gasteiger partial charge in [0.1, 0.15) is 0 Å². The van der Waals surface area contributed by atoms with E-state index in [9.17, 15) is 0 Å². The Hall–Kier alpha value is -0.0800. The van der Waals surface area contributed by atoms with Gasteiger partial charge >= 0.3 is 0 Å². The molecule has 2 heteroatoms. The first-order chi connectivity index (χ1) is 5.10. The van der Waals surface area contributed by atoms with Crippen LogP contribution >= 0.6 is 0 Å². The smallest absolute Gasteiger partial charge is 0.155 e. The molecule has 0 amide bonds. The minimum Gasteiger partial charge on any atom is -0.350 e. The SMILES string of the molecule is CCC1(C(C)C)COC(C)O1. The van der Waals surface area contributed by atoms with E-state index in [-0.39, 0.29) is 11.9 Å². The van der Waals surface area contributed by atoms with Crippen LogP contribution in [0.4, 0.5) is 0 Å². The molecule has 1 aliphatic rings. The third kappa shape index (κ3) is 1.57. The van der Waals surface area contributed by atoms with Gasteiger partial charge in [0.05, 0.1) is 12.2 Å². The summed E-state index contributed by atoms with van der Waals surface area (Å²) in [6.45, 7) is 9.24. The highest BCUT2D eigenvalue weighted by molar-refractivity contribution is 4.86. The van der Waals surface area contributed by atoms with Crippen LogP contribution in [0.3, 0.4) is 0 Å². The fourth-order valence-electron chi connectivity index (χ4n) is 1.55. The summed E-state index contributed by atoms with van der Waals surface area (Å²) in [4.78, 5) is 0. The van der Waals surface area contributed by atoms with Crippen molar-refractivity contribution in [2.24, 2.45) is 5.92 Å². The third-order valence-corrected chi connectivity index (χ3v) is 2.61. The van der Waals surface area contributed by atoms with Crippen molar-refractivity contribution in [1.29, 1.82) is 0 Å². The molecule has 2 unspecified atom stereocenters. The minimum absolute atomic E-state index is 0.0145. The summed E-state index contributed by atoms with van der Waals surface area (Å²) >= 11 is 0. The lowest BCUT2D eigenvalue weighted by Gasteiger charge is -2.29. The van der Waals surface area contributed by atoms with Gasteiger partial charge in [0.15, 0.2) is 6.29 Å². The van der Waals surface area contributed by atoms with Gasteiger partial charge < -0.3 is 9.47 Å². The Morgan fingerprint density at radius 1 is 1.55 bits per heavy atom. The Balaban J connectivity index is 2.62. The summed E-state index contributed by atoms with van der Waals surface area (Å²) in [6.07, 6.45) is 1.02. The molecule has 2 nitrogen and oxygen atoms in total. The molecule has 0 saturated carbocycles. The molecule has 0 N–H and O–H groups in total. The fourth-order valence-corrected chi connectivity index (χ4v) is 1.55. The van der Waals surface area contributed by atoms with Crippen molar-refractivity contribution in [3.05, 3.63) is 0 Å². The first-order valence-electron chi connectivity index (χ1n) is 4.40. The van der Waals surface area contributed by atoms with Gasteiger partial charge in [-0.15, -0.1) is 0 Å². The minimum atomic E-state index is -0.0163. The lowest BCUT2D eigenvalue weighted by molar-refractivity contribution is -0.0947. The molecule has 1 heterocycles. The maximum atomic E-state index is 5.74. The maximum absolute atomic E-state index is 5.74. The van der Waals surface area contributed by atoms with Crippen LogP contribution in [0.1, 0.15) is 34.1 Å². The van der Waals surface area contributed by atoms with Crippen LogP contribution in [0.2, 0.25) is 0 Å². The highest BCUT2D eigenvalue weighted by Crippen LogP contribution is 2.33. The Bertz CT molecular complexity index is 134. The largest absolute Gasteiger partial charge is 0.350 e. The van der Waals surface area contributed by atoms with Crippen LogP contribution in [0.25, 0.3) is 0 Å². The summed E-state index contributed by atoms with van der Waals surface area (Å²) in [7, 11) is 0. The molecule has 0 aromatic rings. The van der Waals surface area contributed by atoms with Crippen molar-refractivity contribution in [3.63, 3.8) is 0 Å². The zero-order valence-corrected chi connectivity index (χ0v) is 7.89. The molecule has 1 aliphatic heterocycles. The topological polar surface area (TPSA) is 18.5 Å². The molecule has 0 aromatic heterocycles. The van der Waals surface area contributed by atoms with Crippen LogP contribution in [-0.4, -0.2) is 18.5 Å². The molecular weight excluding hydrogens is 140 g/mol. The van der Waals surface area contributed by atoms with Gasteiger partial charge in [0, 0.05) is 0 Å². The Morgan fingerprint density at radius 3 is 2.36 bits per heavy atom. The van der Waals surface area contributed by atoms with E-state index in [1.165, 1.54) is 0 Å². The van der Waals surface area contributed by atoms with Crippen molar-refractivity contribution >= 4 is 0 Å². The summed E-state index contributed by atoms with van der Waals surface area (Å²) in [5, 5.41) is 0. The lowest BCUT2D eigenvalue weighted by Crippen LogP contribution is -2.37. The Labute approximate surface area is 68.9 Å². The third-order valence-electron chi connectivity index (χ3n) is 2.61. The first kappa shape index (κ1) is 9.01. The first-order valence-corrected chi connectivity index (χ1v) is 4.40. The predicted octanol–water partition coefficient (Wildman–Crippen LogP) is 2.18. The van der Waals surface area contributed by atoms with Crippen molar-refractivity contribution < 1.29 is 9.47 Å². The van der Waals surface area contributed by atoms with E-state index in [2.05, 4.69) is 20.8 Å². The summed E-state index contributed by atoms with van der Waals surface area (Å²) in [6, 6.07) is 0. The molecule has 0 aromatic carbocycles. The summed E-state index contributed by atoms with van der Waals surface area (Å²) in [5.74, 6) is 0.539. The quantitative estimate of drug-likeness (QED) is 0.613. The van der Waals surface area contributed by atoms with E-state index in [1.54, 1.807) is 0 Å². The lowest BCUT2D eigenvalue weighted by atomic mass is 9.89. The van der Waals surface area contributed by atoms with Crippen LogP contribution < -0.4 is 0 Å². The van der Waals surface area contributed by atoms with Crippen LogP contribution in [0.15, 0.2) is 0 Å². The monoisotopic (exact) mass is 158 g/mol. The molecule has 0 spiro atoms. The standard InChI is InChI=1S/C9H18O2/c1-5-9(7(2)3)6-10-8(4)11-9/h7-8H,5-6H2,1-4H3. The molecule has 2 atom stereocenters. The highest BCUT2D eigenvalue weighted by Gasteiger charge is 2.40.